The molecule has 9 aromatic carbocycles. The summed E-state index contributed by atoms with van der Waals surface area (Å²) in [6.07, 6.45) is -16.0. The van der Waals surface area contributed by atoms with Gasteiger partial charge in [0, 0.05) is 56.6 Å². The van der Waals surface area contributed by atoms with Crippen molar-refractivity contribution < 1.29 is 163 Å². The number of benzene rings is 9. The van der Waals surface area contributed by atoms with E-state index < -0.39 is 109 Å². The van der Waals surface area contributed by atoms with E-state index in [1.165, 1.54) is 28.4 Å². The van der Waals surface area contributed by atoms with E-state index in [0.717, 1.165) is 10.9 Å². The molecule has 3 fully saturated rings. The van der Waals surface area contributed by atoms with Gasteiger partial charge in [-0.25, -0.2) is 14.4 Å². The van der Waals surface area contributed by atoms with E-state index in [9.17, 15) is 50.1 Å². The van der Waals surface area contributed by atoms with Gasteiger partial charge in [-0.15, -0.1) is 0 Å². The van der Waals surface area contributed by atoms with Crippen LogP contribution >= 0.6 is 0 Å². The van der Waals surface area contributed by atoms with E-state index in [2.05, 4.69) is 81.6 Å². The maximum Gasteiger partial charge on any atom is 0.339 e. The van der Waals surface area contributed by atoms with Crippen molar-refractivity contribution in [2.75, 3.05) is 90.0 Å². The van der Waals surface area contributed by atoms with Crippen LogP contribution in [0.3, 0.4) is 0 Å². The van der Waals surface area contributed by atoms with Gasteiger partial charge >= 0.3 is 17.9 Å². The number of esters is 3. The molecule has 0 saturated carbocycles. The van der Waals surface area contributed by atoms with Crippen LogP contribution < -0.4 is 71.1 Å². The Hall–Kier alpha value is -10.9. The zero-order valence-corrected chi connectivity index (χ0v) is 78.8. The number of methoxy groups -OCH3 is 7. The first-order valence-corrected chi connectivity index (χ1v) is 49.1. The van der Waals surface area contributed by atoms with Gasteiger partial charge in [0.2, 0.25) is 39.2 Å². The fraction of sp³-hybridized carbons (Fsp3) is 0.469. The van der Waals surface area contributed by atoms with E-state index in [1.807, 2.05) is 36.4 Å². The molecule has 0 aliphatic carbocycles. The van der Waals surface area contributed by atoms with E-state index in [4.69, 9.17) is 113 Å². The Labute approximate surface area is 763 Å². The number of hydrogen-bond acceptors (Lipinski definition) is 34. The molecule has 18 rings (SSSR count). The molecular weight excluding hydrogens is 1750 g/mol. The van der Waals surface area contributed by atoms with Crippen LogP contribution in [0.25, 0.3) is 65.7 Å². The molecule has 9 aliphatic heterocycles. The normalized spacial score (nSPS) is 24.4. The standard InChI is InChI=1S/C36H46O10Si.C33H40O12Si.C27H26O12/c1-19-20(2)32(40-8)35(45-29(19)17-44-47(9,10)36(3,4)5)46-33-23-15-27(39-7)26(38-6)14-22(23)30(31-24(33)16-41-34(31)37)21-11-12-25-28(13-21)43-18-42-25;1-33(2,3)46(6,7)43-14-24-27(34)28(35)29(36)32(44-24)45-30-18-12-22(39-5)21(38-4)11-17(18)25(26-19(30)13-40-31(26)37)16-8-9-20-23(10-16)42-15-41-20;1-33-16-6-12-13(7-17(16)34-2)25(39-27-24(31)23(30)22(29)19(8-28)38-27)14-9-35-26(32)21(14)20(12)11-3-4-15-18(5-11)37-10-36-15/h11-15,19-20,29,32,35H,16-18H2,1-10H3;8-12,24,27-29,32,34-36H,13-15H2,1-7H3;3-7,19,22-24,27-31H,8-10H2,1-2H3. The van der Waals surface area contributed by atoms with Gasteiger partial charge < -0.3 is 149 Å². The maximum atomic E-state index is 13.5. The molecule has 132 heavy (non-hydrogen) atoms. The number of carbonyl (C=O) groups excluding carboxylic acids is 3. The number of ether oxygens (including phenoxy) is 22. The number of carbonyl (C=O) groups is 3. The molecule has 0 spiro atoms. The molecule has 3 saturated heterocycles. The SMILES string of the molecule is COc1cc2c(OC3OC(CO)C(O)C(O)C3O)c3c(c(-c4ccc5c(c4)OCO5)c2cc1OC)C(=O)OC3.COc1cc2c(OC3OC(CO[Si](C)(C)C(C)(C)C)C(C)C(C)C3OC)c3c(c(-c4ccc5c(c4)OCO5)c2cc1OC)C(=O)OC3.COc1cc2c(OC3OC(CO[Si](C)(C)C(C)(C)C)C(O)C(O)C3O)c3c(c(-c4ccc5c(c4)OCO5)c2cc1OC)C(=O)OC3. The predicted octanol–water partition coefficient (Wildman–Crippen LogP) is 12.6. The largest absolute Gasteiger partial charge is 0.493 e. The zero-order valence-electron chi connectivity index (χ0n) is 76.8. The molecule has 15 atom stereocenters. The average molecular weight is 1870 g/mol. The Balaban J connectivity index is 0.000000145. The van der Waals surface area contributed by atoms with Gasteiger partial charge in [0.1, 0.15) is 92.0 Å². The molecular formula is C96H112O34Si2. The molecule has 9 heterocycles. The number of hydrogen-bond donors (Lipinski definition) is 7. The fourth-order valence-corrected chi connectivity index (χ4v) is 19.3. The first-order chi connectivity index (χ1) is 62.9. The minimum Gasteiger partial charge on any atom is -0.493 e. The van der Waals surface area contributed by atoms with E-state index >= 15 is 0 Å². The van der Waals surface area contributed by atoms with E-state index in [-0.39, 0.29) is 104 Å². The monoisotopic (exact) mass is 1860 g/mol. The van der Waals surface area contributed by atoms with Crippen molar-refractivity contribution in [1.29, 1.82) is 0 Å². The number of fused-ring (bicyclic) bond motifs is 9. The van der Waals surface area contributed by atoms with Crippen LogP contribution in [-0.2, 0) is 61.8 Å². The second-order valence-electron chi connectivity index (χ2n) is 36.5. The van der Waals surface area contributed by atoms with Crippen LogP contribution in [-0.4, -0.2) is 240 Å². The molecule has 708 valence electrons. The van der Waals surface area contributed by atoms with Crippen molar-refractivity contribution in [1.82, 2.24) is 0 Å². The van der Waals surface area contributed by atoms with Gasteiger partial charge in [-0.3, -0.25) is 0 Å². The number of aliphatic hydroxyl groups excluding tert-OH is 7. The minimum absolute atomic E-state index is 0.0180. The van der Waals surface area contributed by atoms with Crippen LogP contribution in [0, 0.1) is 11.8 Å². The lowest BCUT2D eigenvalue weighted by Gasteiger charge is -2.45. The summed E-state index contributed by atoms with van der Waals surface area (Å²) in [6.45, 7) is 25.8. The van der Waals surface area contributed by atoms with E-state index in [1.54, 1.807) is 75.9 Å². The minimum atomic E-state index is -2.25. The van der Waals surface area contributed by atoms with Gasteiger partial charge in [0.05, 0.1) is 85.3 Å². The molecule has 34 nitrogen and oxygen atoms in total. The highest BCUT2D eigenvalue weighted by Crippen LogP contribution is 2.56. The molecule has 9 aromatic rings. The van der Waals surface area contributed by atoms with E-state index in [0.29, 0.717) is 158 Å². The smallest absolute Gasteiger partial charge is 0.339 e. The molecule has 0 amide bonds. The summed E-state index contributed by atoms with van der Waals surface area (Å²) in [5.41, 5.74) is 6.18. The second kappa shape index (κ2) is 37.2. The number of cyclic esters (lactones) is 3. The fourth-order valence-electron chi connectivity index (χ4n) is 17.2. The molecule has 0 aromatic heterocycles. The lowest BCUT2D eigenvalue weighted by Crippen LogP contribution is -2.61. The van der Waals surface area contributed by atoms with Crippen LogP contribution in [0.5, 0.6) is 86.2 Å². The Morgan fingerprint density at radius 3 is 0.962 bits per heavy atom. The van der Waals surface area contributed by atoms with Crippen LogP contribution in [0.1, 0.15) is 103 Å². The van der Waals surface area contributed by atoms with Crippen LogP contribution in [0.2, 0.25) is 36.3 Å². The number of aliphatic hydroxyl groups is 7. The third-order valence-electron chi connectivity index (χ3n) is 27.1. The summed E-state index contributed by atoms with van der Waals surface area (Å²) in [7, 11) is 6.52. The molecule has 9 aliphatic rings. The Bertz CT molecular complexity index is 5920. The highest BCUT2D eigenvalue weighted by Gasteiger charge is 2.52. The Morgan fingerprint density at radius 2 is 0.644 bits per heavy atom. The van der Waals surface area contributed by atoms with Gasteiger partial charge in [0.15, 0.2) is 85.6 Å². The summed E-state index contributed by atoms with van der Waals surface area (Å²) in [4.78, 5) is 40.0. The summed E-state index contributed by atoms with van der Waals surface area (Å²) in [5.74, 6) is 5.48. The van der Waals surface area contributed by atoms with Crippen molar-refractivity contribution in [2.24, 2.45) is 11.8 Å². The molecule has 36 heteroatoms. The van der Waals surface area contributed by atoms with Crippen molar-refractivity contribution in [2.45, 2.75) is 191 Å². The lowest BCUT2D eigenvalue weighted by atomic mass is 9.83. The first kappa shape index (κ1) is 94.3. The zero-order chi connectivity index (χ0) is 94.4. The summed E-state index contributed by atoms with van der Waals surface area (Å²) in [6, 6.07) is 26.9. The van der Waals surface area contributed by atoms with Gasteiger partial charge in [-0.2, -0.15) is 0 Å². The predicted molar refractivity (Wildman–Crippen MR) is 480 cm³/mol. The van der Waals surface area contributed by atoms with Crippen molar-refractivity contribution in [3.63, 3.8) is 0 Å². The van der Waals surface area contributed by atoms with Gasteiger partial charge in [0.25, 0.3) is 0 Å². The highest BCUT2D eigenvalue weighted by molar-refractivity contribution is 6.74. The lowest BCUT2D eigenvalue weighted by molar-refractivity contribution is -0.277. The Kier molecular flexibility index (Phi) is 26.5. The van der Waals surface area contributed by atoms with Gasteiger partial charge in [-0.1, -0.05) is 73.6 Å². The maximum absolute atomic E-state index is 13.5. The third-order valence-corrected chi connectivity index (χ3v) is 36.1. The second-order valence-corrected chi connectivity index (χ2v) is 46.2. The Morgan fingerprint density at radius 1 is 0.348 bits per heavy atom. The topological polar surface area (TPSA) is 414 Å². The van der Waals surface area contributed by atoms with Crippen molar-refractivity contribution in [3.8, 4) is 120 Å². The van der Waals surface area contributed by atoms with Crippen LogP contribution in [0.15, 0.2) is 91.0 Å². The average Bonchev–Trinajstić information content (AvgIpc) is 1.48. The summed E-state index contributed by atoms with van der Waals surface area (Å²) >= 11 is 0. The van der Waals surface area contributed by atoms with Crippen LogP contribution in [0.4, 0.5) is 0 Å². The molecule has 0 bridgehead atoms. The summed E-state index contributed by atoms with van der Waals surface area (Å²) < 4.78 is 141. The molecule has 15 unspecified atom stereocenters. The summed E-state index contributed by atoms with van der Waals surface area (Å²) in [5, 5.41) is 77.0. The number of rotatable bonds is 23. The highest BCUT2D eigenvalue weighted by atomic mass is 28.4. The first-order valence-electron chi connectivity index (χ1n) is 43.3. The van der Waals surface area contributed by atoms with Crippen molar-refractivity contribution >= 4 is 66.9 Å². The quantitative estimate of drug-likeness (QED) is 0.0178. The molecule has 0 radical (unpaired) electrons. The molecule has 7 N–H and O–H groups in total. The van der Waals surface area contributed by atoms with Crippen molar-refractivity contribution in [3.05, 3.63) is 124 Å². The third kappa shape index (κ3) is 17.2. The van der Waals surface area contributed by atoms with Gasteiger partial charge in [-0.05, 0) is 154 Å².